The van der Waals surface area contributed by atoms with Crippen LogP contribution in [0.4, 0.5) is 16.2 Å². The number of nitrogens with one attached hydrogen (secondary N) is 2. The Hall–Kier alpha value is -3.06. The number of methoxy groups -OCH3 is 1. The molecular weight excluding hydrogens is 358 g/mol. The normalized spacial score (nSPS) is 13.2. The summed E-state index contributed by atoms with van der Waals surface area (Å²) in [6.07, 6.45) is 0. The Bertz CT molecular complexity index is 882. The number of hydrogen-bond donors (Lipinski definition) is 2. The standard InChI is InChI=1S/C21H25N3O4/c1-14-4-5-17(10-15(14)2)23-21(26)24-8-9-28-19-7-6-18(11-16(19)12-24)22-20(25)13-27-3/h4-7,10-11H,8-9,12-13H2,1-3H3,(H,22,25)(H,23,26). The van der Waals surface area contributed by atoms with Crippen LogP contribution in [0.15, 0.2) is 36.4 Å². The Morgan fingerprint density at radius 2 is 1.82 bits per heavy atom. The highest BCUT2D eigenvalue weighted by Gasteiger charge is 2.20. The van der Waals surface area contributed by atoms with Crippen molar-refractivity contribution in [3.05, 3.63) is 53.1 Å². The number of urea groups is 1. The van der Waals surface area contributed by atoms with Crippen molar-refractivity contribution in [2.45, 2.75) is 20.4 Å². The molecule has 7 nitrogen and oxygen atoms in total. The fourth-order valence-corrected chi connectivity index (χ4v) is 3.00. The van der Waals surface area contributed by atoms with Crippen LogP contribution in [0.25, 0.3) is 0 Å². The topological polar surface area (TPSA) is 79.9 Å². The lowest BCUT2D eigenvalue weighted by Crippen LogP contribution is -2.36. The van der Waals surface area contributed by atoms with Gasteiger partial charge in [-0.05, 0) is 55.3 Å². The van der Waals surface area contributed by atoms with E-state index in [1.807, 2.05) is 44.2 Å². The number of fused-ring (bicyclic) bond motifs is 1. The fraction of sp³-hybridized carbons (Fsp3) is 0.333. The molecule has 0 atom stereocenters. The molecule has 1 heterocycles. The third kappa shape index (κ3) is 4.80. The Morgan fingerprint density at radius 1 is 1.07 bits per heavy atom. The van der Waals surface area contributed by atoms with Gasteiger partial charge in [0.2, 0.25) is 5.91 Å². The monoisotopic (exact) mass is 383 g/mol. The number of rotatable bonds is 4. The first-order valence-electron chi connectivity index (χ1n) is 9.14. The van der Waals surface area contributed by atoms with Gasteiger partial charge in [0, 0.05) is 24.0 Å². The summed E-state index contributed by atoms with van der Waals surface area (Å²) >= 11 is 0. The first-order chi connectivity index (χ1) is 13.5. The summed E-state index contributed by atoms with van der Waals surface area (Å²) in [6, 6.07) is 11.1. The van der Waals surface area contributed by atoms with Gasteiger partial charge in [-0.15, -0.1) is 0 Å². The molecule has 0 saturated heterocycles. The highest BCUT2D eigenvalue weighted by Crippen LogP contribution is 2.27. The molecule has 0 spiro atoms. The Morgan fingerprint density at radius 3 is 2.57 bits per heavy atom. The van der Waals surface area contributed by atoms with Gasteiger partial charge in [0.15, 0.2) is 0 Å². The predicted molar refractivity (Wildman–Crippen MR) is 108 cm³/mol. The quantitative estimate of drug-likeness (QED) is 0.849. The summed E-state index contributed by atoms with van der Waals surface area (Å²) in [4.78, 5) is 26.2. The Kier molecular flexibility index (Phi) is 6.16. The molecule has 0 aliphatic carbocycles. The molecule has 148 valence electrons. The van der Waals surface area contributed by atoms with Crippen molar-refractivity contribution in [2.24, 2.45) is 0 Å². The number of ether oxygens (including phenoxy) is 2. The number of carbonyl (C=O) groups is 2. The van der Waals surface area contributed by atoms with Gasteiger partial charge in [-0.2, -0.15) is 0 Å². The van der Waals surface area contributed by atoms with Crippen LogP contribution in [0.2, 0.25) is 0 Å². The lowest BCUT2D eigenvalue weighted by molar-refractivity contribution is -0.119. The number of carbonyl (C=O) groups excluding carboxylic acids is 2. The molecule has 2 aromatic carbocycles. The van der Waals surface area contributed by atoms with Gasteiger partial charge in [0.25, 0.3) is 0 Å². The summed E-state index contributed by atoms with van der Waals surface area (Å²) in [5, 5.41) is 5.72. The van der Waals surface area contributed by atoms with Crippen LogP contribution in [-0.2, 0) is 16.1 Å². The molecule has 1 aliphatic rings. The van der Waals surface area contributed by atoms with Crippen LogP contribution in [0.1, 0.15) is 16.7 Å². The zero-order valence-corrected chi connectivity index (χ0v) is 16.4. The van der Waals surface area contributed by atoms with Gasteiger partial charge in [0.1, 0.15) is 19.0 Å². The van der Waals surface area contributed by atoms with E-state index in [2.05, 4.69) is 10.6 Å². The second-order valence-electron chi connectivity index (χ2n) is 6.80. The van der Waals surface area contributed by atoms with Gasteiger partial charge in [-0.1, -0.05) is 6.07 Å². The molecule has 0 bridgehead atoms. The summed E-state index contributed by atoms with van der Waals surface area (Å²) in [7, 11) is 1.47. The summed E-state index contributed by atoms with van der Waals surface area (Å²) in [5.74, 6) is 0.479. The van der Waals surface area contributed by atoms with Crippen molar-refractivity contribution in [3.63, 3.8) is 0 Å². The fourth-order valence-electron chi connectivity index (χ4n) is 3.00. The van der Waals surface area contributed by atoms with E-state index < -0.39 is 0 Å². The predicted octanol–water partition coefficient (Wildman–Crippen LogP) is 3.31. The van der Waals surface area contributed by atoms with Gasteiger partial charge < -0.3 is 25.0 Å². The minimum Gasteiger partial charge on any atom is -0.491 e. The molecule has 2 N–H and O–H groups in total. The van der Waals surface area contributed by atoms with E-state index in [1.54, 1.807) is 11.0 Å². The van der Waals surface area contributed by atoms with Crippen molar-refractivity contribution in [2.75, 3.05) is 37.5 Å². The van der Waals surface area contributed by atoms with Crippen molar-refractivity contribution in [1.82, 2.24) is 4.90 Å². The summed E-state index contributed by atoms with van der Waals surface area (Å²) in [6.45, 7) is 5.30. The van der Waals surface area contributed by atoms with Crippen molar-refractivity contribution in [1.29, 1.82) is 0 Å². The summed E-state index contributed by atoms with van der Waals surface area (Å²) < 4.78 is 10.6. The number of hydrogen-bond acceptors (Lipinski definition) is 4. The minimum atomic E-state index is -0.235. The third-order valence-corrected chi connectivity index (χ3v) is 4.65. The lowest BCUT2D eigenvalue weighted by atomic mass is 10.1. The first kappa shape index (κ1) is 19.7. The van der Waals surface area contributed by atoms with Crippen LogP contribution in [0.3, 0.4) is 0 Å². The third-order valence-electron chi connectivity index (χ3n) is 4.65. The molecule has 3 rings (SSSR count). The average Bonchev–Trinajstić information content (AvgIpc) is 2.87. The molecule has 2 aromatic rings. The second-order valence-corrected chi connectivity index (χ2v) is 6.80. The maximum absolute atomic E-state index is 12.7. The zero-order valence-electron chi connectivity index (χ0n) is 16.4. The van der Waals surface area contributed by atoms with Crippen LogP contribution in [0.5, 0.6) is 5.75 Å². The van der Waals surface area contributed by atoms with E-state index in [4.69, 9.17) is 9.47 Å². The molecule has 0 unspecified atom stereocenters. The van der Waals surface area contributed by atoms with E-state index in [0.29, 0.717) is 31.1 Å². The van der Waals surface area contributed by atoms with E-state index in [1.165, 1.54) is 12.7 Å². The molecule has 7 heteroatoms. The highest BCUT2D eigenvalue weighted by molar-refractivity contribution is 5.92. The molecule has 0 fully saturated rings. The average molecular weight is 383 g/mol. The number of amides is 3. The van der Waals surface area contributed by atoms with Crippen LogP contribution >= 0.6 is 0 Å². The molecule has 0 saturated carbocycles. The van der Waals surface area contributed by atoms with Gasteiger partial charge in [-0.3, -0.25) is 4.79 Å². The minimum absolute atomic E-state index is 0.0158. The SMILES string of the molecule is COCC(=O)Nc1ccc2c(c1)CN(C(=O)Nc1ccc(C)c(C)c1)CCO2. The maximum atomic E-state index is 12.7. The molecule has 28 heavy (non-hydrogen) atoms. The van der Waals surface area contributed by atoms with E-state index in [-0.39, 0.29) is 18.5 Å². The van der Waals surface area contributed by atoms with Crippen molar-refractivity contribution >= 4 is 23.3 Å². The Labute approximate surface area is 164 Å². The second kappa shape index (κ2) is 8.75. The van der Waals surface area contributed by atoms with Crippen LogP contribution in [-0.4, -0.2) is 43.7 Å². The van der Waals surface area contributed by atoms with Crippen molar-refractivity contribution < 1.29 is 19.1 Å². The number of benzene rings is 2. The maximum Gasteiger partial charge on any atom is 0.322 e. The molecular formula is C21H25N3O4. The molecule has 0 aromatic heterocycles. The number of nitrogens with zero attached hydrogens (tertiary/aromatic N) is 1. The van der Waals surface area contributed by atoms with Crippen LogP contribution < -0.4 is 15.4 Å². The highest BCUT2D eigenvalue weighted by atomic mass is 16.5. The van der Waals surface area contributed by atoms with Gasteiger partial charge >= 0.3 is 6.03 Å². The van der Waals surface area contributed by atoms with Gasteiger partial charge in [0.05, 0.1) is 13.1 Å². The van der Waals surface area contributed by atoms with E-state index in [9.17, 15) is 9.59 Å². The molecule has 3 amide bonds. The number of anilines is 2. The molecule has 0 radical (unpaired) electrons. The van der Waals surface area contributed by atoms with Crippen LogP contribution in [0, 0.1) is 13.8 Å². The summed E-state index contributed by atoms with van der Waals surface area (Å²) in [5.41, 5.74) is 4.54. The van der Waals surface area contributed by atoms with E-state index >= 15 is 0 Å². The largest absolute Gasteiger partial charge is 0.491 e. The Balaban J connectivity index is 1.72. The van der Waals surface area contributed by atoms with E-state index in [0.717, 1.165) is 16.8 Å². The van der Waals surface area contributed by atoms with Gasteiger partial charge in [-0.25, -0.2) is 4.79 Å². The smallest absolute Gasteiger partial charge is 0.322 e. The molecule has 1 aliphatic heterocycles. The van der Waals surface area contributed by atoms with Crippen molar-refractivity contribution in [3.8, 4) is 5.75 Å². The zero-order chi connectivity index (χ0) is 20.1. The first-order valence-corrected chi connectivity index (χ1v) is 9.14. The lowest BCUT2D eigenvalue weighted by Gasteiger charge is -2.21. The number of aryl methyl sites for hydroxylation is 2.